The van der Waals surface area contributed by atoms with Crippen LogP contribution in [0.3, 0.4) is 0 Å². The molecule has 0 radical (unpaired) electrons. The first-order valence-electron chi connectivity index (χ1n) is 13.9. The lowest BCUT2D eigenvalue weighted by molar-refractivity contribution is -0.129. The summed E-state index contributed by atoms with van der Waals surface area (Å²) in [6.07, 6.45) is 0.623. The Balaban J connectivity index is 1.59. The normalized spacial score (nSPS) is 12.2. The molecule has 0 bridgehead atoms. The average Bonchev–Trinajstić information content (AvgIpc) is 3.52. The quantitative estimate of drug-likeness (QED) is 0.177. The number of thiophene rings is 1. The zero-order chi connectivity index (χ0) is 29.9. The minimum atomic E-state index is -0.831. The Morgan fingerprint density at radius 1 is 0.833 bits per heavy atom. The van der Waals surface area contributed by atoms with Crippen molar-refractivity contribution in [2.45, 2.75) is 44.8 Å². The van der Waals surface area contributed by atoms with Crippen LogP contribution in [0.4, 0.5) is 0 Å². The summed E-state index contributed by atoms with van der Waals surface area (Å²) in [7, 11) is 0. The molecule has 1 aromatic heterocycles. The van der Waals surface area contributed by atoms with Gasteiger partial charge in [-0.2, -0.15) is 0 Å². The fourth-order valence-corrected chi connectivity index (χ4v) is 5.46. The first-order valence-corrected chi connectivity index (χ1v) is 14.7. The zero-order valence-corrected chi connectivity index (χ0v) is 24.4. The van der Waals surface area contributed by atoms with Gasteiger partial charge in [0.05, 0.1) is 12.5 Å². The first-order chi connectivity index (χ1) is 20.4. The van der Waals surface area contributed by atoms with Crippen LogP contribution in [0.2, 0.25) is 0 Å². The lowest BCUT2D eigenvalue weighted by Gasteiger charge is -2.24. The second kappa shape index (κ2) is 15.0. The number of amides is 3. The highest BCUT2D eigenvalue weighted by Gasteiger charge is 2.29. The highest BCUT2D eigenvalue weighted by molar-refractivity contribution is 7.09. The maximum atomic E-state index is 14.0. The molecule has 0 fully saturated rings. The third-order valence-electron chi connectivity index (χ3n) is 6.94. The summed E-state index contributed by atoms with van der Waals surface area (Å²) in [5.74, 6) is -1.34. The fraction of sp³-hybridized carbons (Fsp3) is 0.242. The molecule has 0 spiro atoms. The molecule has 0 aliphatic heterocycles. The van der Waals surface area contributed by atoms with Gasteiger partial charge in [-0.05, 0) is 65.2 Å². The Morgan fingerprint density at radius 2 is 1.52 bits per heavy atom. The molecular formula is C33H36N4O4S. The molecule has 0 saturated heterocycles. The molecule has 218 valence electrons. The standard InChI is InChI=1S/C33H36N4O4S/c1-2-41-25-15-13-22(14-16-25)18-29(27-7-3-4-8-28(27)31(35)38)32(39)37-30(19-26-6-5-17-42-26)33(40)36-21-24-11-9-23(20-34)10-12-24/h3-17,29-30H,2,18-21,34H2,1H3,(H2,35,38)(H,36,40)(H,37,39)/t29-,30+/m1/s1. The molecule has 0 saturated carbocycles. The summed E-state index contributed by atoms with van der Waals surface area (Å²) in [5, 5.41) is 7.88. The summed E-state index contributed by atoms with van der Waals surface area (Å²) in [6, 6.07) is 25.0. The van der Waals surface area contributed by atoms with Gasteiger partial charge in [0.15, 0.2) is 0 Å². The Kier molecular flexibility index (Phi) is 10.9. The lowest BCUT2D eigenvalue weighted by Crippen LogP contribution is -2.49. The molecule has 0 unspecified atom stereocenters. The van der Waals surface area contributed by atoms with Gasteiger partial charge in [-0.1, -0.05) is 60.7 Å². The van der Waals surface area contributed by atoms with Crippen molar-refractivity contribution in [3.05, 3.63) is 123 Å². The van der Waals surface area contributed by atoms with Crippen LogP contribution < -0.4 is 26.8 Å². The Labute approximate surface area is 250 Å². The molecular weight excluding hydrogens is 548 g/mol. The van der Waals surface area contributed by atoms with Gasteiger partial charge >= 0.3 is 0 Å². The van der Waals surface area contributed by atoms with E-state index in [1.165, 1.54) is 11.3 Å². The molecule has 1 heterocycles. The molecule has 8 nitrogen and oxygen atoms in total. The van der Waals surface area contributed by atoms with Crippen LogP contribution in [-0.4, -0.2) is 30.4 Å². The lowest BCUT2D eigenvalue weighted by atomic mass is 9.87. The number of rotatable bonds is 14. The van der Waals surface area contributed by atoms with E-state index in [9.17, 15) is 14.4 Å². The van der Waals surface area contributed by atoms with Gasteiger partial charge in [-0.15, -0.1) is 11.3 Å². The fourth-order valence-electron chi connectivity index (χ4n) is 4.71. The average molecular weight is 585 g/mol. The van der Waals surface area contributed by atoms with E-state index in [4.69, 9.17) is 16.2 Å². The van der Waals surface area contributed by atoms with E-state index in [1.54, 1.807) is 24.3 Å². The number of ether oxygens (including phenoxy) is 1. The maximum Gasteiger partial charge on any atom is 0.249 e. The number of hydrogen-bond acceptors (Lipinski definition) is 6. The van der Waals surface area contributed by atoms with Crippen LogP contribution in [0.25, 0.3) is 0 Å². The predicted octanol–water partition coefficient (Wildman–Crippen LogP) is 4.07. The second-order valence-corrected chi connectivity index (χ2v) is 10.9. The highest BCUT2D eigenvalue weighted by Crippen LogP contribution is 2.26. The number of hydrogen-bond donors (Lipinski definition) is 4. The van der Waals surface area contributed by atoms with Crippen molar-refractivity contribution < 1.29 is 19.1 Å². The van der Waals surface area contributed by atoms with Gasteiger partial charge in [0, 0.05) is 30.0 Å². The molecule has 4 rings (SSSR count). The topological polar surface area (TPSA) is 137 Å². The van der Waals surface area contributed by atoms with E-state index in [0.29, 0.717) is 38.1 Å². The number of carbonyl (C=O) groups is 3. The molecule has 0 aliphatic carbocycles. The molecule has 4 aromatic rings. The summed E-state index contributed by atoms with van der Waals surface area (Å²) in [6.45, 7) is 3.21. The van der Waals surface area contributed by atoms with Gasteiger partial charge in [0.25, 0.3) is 0 Å². The molecule has 0 aliphatic rings. The Bertz CT molecular complexity index is 1470. The summed E-state index contributed by atoms with van der Waals surface area (Å²) >= 11 is 1.52. The van der Waals surface area contributed by atoms with E-state index >= 15 is 0 Å². The van der Waals surface area contributed by atoms with Gasteiger partial charge in [0.1, 0.15) is 11.8 Å². The number of nitrogens with one attached hydrogen (secondary N) is 2. The van der Waals surface area contributed by atoms with Gasteiger partial charge in [-0.3, -0.25) is 14.4 Å². The van der Waals surface area contributed by atoms with Crippen LogP contribution in [0.5, 0.6) is 5.75 Å². The third kappa shape index (κ3) is 8.28. The summed E-state index contributed by atoms with van der Waals surface area (Å²) < 4.78 is 5.55. The van der Waals surface area contributed by atoms with E-state index in [-0.39, 0.29) is 17.4 Å². The first kappa shape index (κ1) is 30.5. The van der Waals surface area contributed by atoms with E-state index in [0.717, 1.165) is 27.3 Å². The number of benzene rings is 3. The van der Waals surface area contributed by atoms with Crippen molar-refractivity contribution in [3.63, 3.8) is 0 Å². The van der Waals surface area contributed by atoms with Crippen molar-refractivity contribution in [1.29, 1.82) is 0 Å². The zero-order valence-electron chi connectivity index (χ0n) is 23.5. The Morgan fingerprint density at radius 3 is 2.17 bits per heavy atom. The van der Waals surface area contributed by atoms with Crippen LogP contribution in [0.15, 0.2) is 90.3 Å². The second-order valence-electron chi connectivity index (χ2n) is 9.87. The van der Waals surface area contributed by atoms with Crippen molar-refractivity contribution in [2.75, 3.05) is 6.61 Å². The van der Waals surface area contributed by atoms with Crippen molar-refractivity contribution in [1.82, 2.24) is 10.6 Å². The van der Waals surface area contributed by atoms with Gasteiger partial charge in [-0.25, -0.2) is 0 Å². The molecule has 3 amide bonds. The summed E-state index contributed by atoms with van der Waals surface area (Å²) in [5.41, 5.74) is 15.0. The molecule has 2 atom stereocenters. The smallest absolute Gasteiger partial charge is 0.249 e. The van der Waals surface area contributed by atoms with Crippen LogP contribution in [-0.2, 0) is 35.5 Å². The number of carbonyl (C=O) groups excluding carboxylic acids is 3. The van der Waals surface area contributed by atoms with E-state index in [1.807, 2.05) is 73.0 Å². The largest absolute Gasteiger partial charge is 0.494 e. The Hall–Kier alpha value is -4.47. The monoisotopic (exact) mass is 584 g/mol. The van der Waals surface area contributed by atoms with E-state index in [2.05, 4.69) is 10.6 Å². The minimum absolute atomic E-state index is 0.267. The molecule has 42 heavy (non-hydrogen) atoms. The van der Waals surface area contributed by atoms with E-state index < -0.39 is 17.9 Å². The van der Waals surface area contributed by atoms with Crippen molar-refractivity contribution in [2.24, 2.45) is 11.5 Å². The van der Waals surface area contributed by atoms with Gasteiger partial charge < -0.3 is 26.8 Å². The SMILES string of the molecule is CCOc1ccc(C[C@@H](C(=O)N[C@@H](Cc2cccs2)C(=O)NCc2ccc(CN)cc2)c2ccccc2C(N)=O)cc1. The van der Waals surface area contributed by atoms with Crippen LogP contribution >= 0.6 is 11.3 Å². The summed E-state index contributed by atoms with van der Waals surface area (Å²) in [4.78, 5) is 40.8. The van der Waals surface area contributed by atoms with Crippen LogP contribution in [0.1, 0.15) is 50.3 Å². The predicted molar refractivity (Wildman–Crippen MR) is 165 cm³/mol. The van der Waals surface area contributed by atoms with Gasteiger partial charge in [0.2, 0.25) is 17.7 Å². The molecule has 6 N–H and O–H groups in total. The minimum Gasteiger partial charge on any atom is -0.494 e. The third-order valence-corrected chi connectivity index (χ3v) is 7.83. The molecule has 3 aromatic carbocycles. The maximum absolute atomic E-state index is 14.0. The highest BCUT2D eigenvalue weighted by atomic mass is 32.1. The van der Waals surface area contributed by atoms with Crippen molar-refractivity contribution >= 4 is 29.1 Å². The van der Waals surface area contributed by atoms with Crippen molar-refractivity contribution in [3.8, 4) is 5.75 Å². The number of primary amides is 1. The molecule has 9 heteroatoms. The number of nitrogens with two attached hydrogens (primary N) is 2. The van der Waals surface area contributed by atoms with Crippen LogP contribution in [0, 0.1) is 0 Å².